The highest BCUT2D eigenvalue weighted by molar-refractivity contribution is 5.76. The monoisotopic (exact) mass is 223 g/mol. The van der Waals surface area contributed by atoms with Crippen LogP contribution in [0.15, 0.2) is 0 Å². The van der Waals surface area contributed by atoms with Crippen molar-refractivity contribution in [2.45, 2.75) is 59.9 Å². The number of nitrogens with one attached hydrogen (secondary N) is 1. The van der Waals surface area contributed by atoms with Crippen LogP contribution in [0.1, 0.15) is 53.9 Å². The number of amides is 1. The minimum absolute atomic E-state index is 0.0827. The average Bonchev–Trinajstić information content (AvgIpc) is 1.98. The molecule has 0 heterocycles. The van der Waals surface area contributed by atoms with Gasteiger partial charge in [0.2, 0.25) is 5.91 Å². The van der Waals surface area contributed by atoms with Crippen molar-refractivity contribution in [3.63, 3.8) is 0 Å². The molecular formula is C14H25NO. The fraction of sp³-hybridized carbons (Fsp3) is 0.786. The van der Waals surface area contributed by atoms with E-state index in [1.807, 2.05) is 6.92 Å². The Bertz CT molecular complexity index is 257. The van der Waals surface area contributed by atoms with Gasteiger partial charge in [0.1, 0.15) is 0 Å². The molecule has 0 saturated heterocycles. The third kappa shape index (κ3) is 8.35. The van der Waals surface area contributed by atoms with Gasteiger partial charge in [-0.2, -0.15) is 0 Å². The van der Waals surface area contributed by atoms with Crippen LogP contribution >= 0.6 is 0 Å². The summed E-state index contributed by atoms with van der Waals surface area (Å²) >= 11 is 0. The Balaban J connectivity index is 3.92. The van der Waals surface area contributed by atoms with Gasteiger partial charge in [0.05, 0.1) is 0 Å². The number of carbonyl (C=O) groups is 1. The van der Waals surface area contributed by atoms with E-state index in [0.717, 1.165) is 6.42 Å². The lowest BCUT2D eigenvalue weighted by Crippen LogP contribution is -2.33. The van der Waals surface area contributed by atoms with Gasteiger partial charge in [-0.1, -0.05) is 27.7 Å². The van der Waals surface area contributed by atoms with E-state index in [4.69, 9.17) is 6.42 Å². The first kappa shape index (κ1) is 15.0. The third-order valence-electron chi connectivity index (χ3n) is 2.33. The van der Waals surface area contributed by atoms with Crippen LogP contribution in [0.5, 0.6) is 0 Å². The van der Waals surface area contributed by atoms with E-state index in [9.17, 15) is 4.79 Å². The molecule has 1 amide bonds. The molecule has 0 aromatic rings. The molecule has 2 atom stereocenters. The summed E-state index contributed by atoms with van der Waals surface area (Å²) in [7, 11) is 0. The predicted molar refractivity (Wildman–Crippen MR) is 68.9 cm³/mol. The van der Waals surface area contributed by atoms with Gasteiger partial charge in [0, 0.05) is 18.9 Å². The molecule has 0 aromatic heterocycles. The molecule has 0 saturated carbocycles. The lowest BCUT2D eigenvalue weighted by molar-refractivity contribution is -0.122. The van der Waals surface area contributed by atoms with Gasteiger partial charge < -0.3 is 5.32 Å². The first-order chi connectivity index (χ1) is 7.24. The zero-order chi connectivity index (χ0) is 12.8. The zero-order valence-corrected chi connectivity index (χ0v) is 11.3. The standard InChI is InChI=1S/C14H25NO/c1-7-8-12(3)15-13(16)9-11(2)10-14(4,5)6/h1,11-12H,8-10H2,2-6H3,(H,15,16). The summed E-state index contributed by atoms with van der Waals surface area (Å²) in [4.78, 5) is 11.6. The molecule has 0 aliphatic carbocycles. The molecule has 0 radical (unpaired) electrons. The second kappa shape index (κ2) is 6.58. The third-order valence-corrected chi connectivity index (χ3v) is 2.33. The van der Waals surface area contributed by atoms with Crippen molar-refractivity contribution in [1.82, 2.24) is 5.32 Å². The Kier molecular flexibility index (Phi) is 6.18. The minimum Gasteiger partial charge on any atom is -0.353 e. The molecular weight excluding hydrogens is 198 g/mol. The number of hydrogen-bond acceptors (Lipinski definition) is 1. The predicted octanol–water partition coefficient (Wildman–Crippen LogP) is 2.98. The van der Waals surface area contributed by atoms with Crippen molar-refractivity contribution in [1.29, 1.82) is 0 Å². The lowest BCUT2D eigenvalue weighted by Gasteiger charge is -2.23. The molecule has 16 heavy (non-hydrogen) atoms. The van der Waals surface area contributed by atoms with Gasteiger partial charge in [-0.05, 0) is 24.7 Å². The highest BCUT2D eigenvalue weighted by atomic mass is 16.1. The van der Waals surface area contributed by atoms with Gasteiger partial charge in [-0.25, -0.2) is 0 Å². The quantitative estimate of drug-likeness (QED) is 0.713. The van der Waals surface area contributed by atoms with Gasteiger partial charge in [-0.3, -0.25) is 4.79 Å². The van der Waals surface area contributed by atoms with Gasteiger partial charge >= 0.3 is 0 Å². The Hall–Kier alpha value is -0.970. The molecule has 0 rings (SSSR count). The first-order valence-corrected chi connectivity index (χ1v) is 5.97. The van der Waals surface area contributed by atoms with Crippen LogP contribution in [-0.4, -0.2) is 11.9 Å². The average molecular weight is 223 g/mol. The summed E-state index contributed by atoms with van der Waals surface area (Å²) < 4.78 is 0. The Morgan fingerprint density at radius 1 is 1.38 bits per heavy atom. The van der Waals surface area contributed by atoms with Crippen LogP contribution in [0.3, 0.4) is 0 Å². The zero-order valence-electron chi connectivity index (χ0n) is 11.3. The molecule has 0 aliphatic heterocycles. The molecule has 0 spiro atoms. The van der Waals surface area contributed by atoms with E-state index < -0.39 is 0 Å². The van der Waals surface area contributed by atoms with Gasteiger partial charge in [0.25, 0.3) is 0 Å². The highest BCUT2D eigenvalue weighted by Crippen LogP contribution is 2.25. The maximum absolute atomic E-state index is 11.6. The second-order valence-electron chi connectivity index (χ2n) is 5.95. The molecule has 2 heteroatoms. The number of terminal acetylenes is 1. The molecule has 92 valence electrons. The molecule has 0 aliphatic rings. The Morgan fingerprint density at radius 2 is 1.94 bits per heavy atom. The number of hydrogen-bond donors (Lipinski definition) is 1. The smallest absolute Gasteiger partial charge is 0.220 e. The fourth-order valence-electron chi connectivity index (χ4n) is 2.00. The van der Waals surface area contributed by atoms with Crippen molar-refractivity contribution in [3.05, 3.63) is 0 Å². The van der Waals surface area contributed by atoms with Crippen molar-refractivity contribution < 1.29 is 4.79 Å². The molecule has 0 fully saturated rings. The second-order valence-corrected chi connectivity index (χ2v) is 5.95. The van der Waals surface area contributed by atoms with E-state index in [2.05, 4.69) is 38.9 Å². The van der Waals surface area contributed by atoms with Crippen molar-refractivity contribution in [2.24, 2.45) is 11.3 Å². The largest absolute Gasteiger partial charge is 0.353 e. The summed E-state index contributed by atoms with van der Waals surface area (Å²) in [6.07, 6.45) is 7.43. The first-order valence-electron chi connectivity index (χ1n) is 5.97. The topological polar surface area (TPSA) is 29.1 Å². The normalized spacial score (nSPS) is 15.0. The van der Waals surface area contributed by atoms with Crippen molar-refractivity contribution >= 4 is 5.91 Å². The maximum atomic E-state index is 11.6. The Labute approximate surface area is 100 Å². The fourth-order valence-corrected chi connectivity index (χ4v) is 2.00. The summed E-state index contributed by atoms with van der Waals surface area (Å²) in [5.41, 5.74) is 0.282. The van der Waals surface area contributed by atoms with E-state index in [0.29, 0.717) is 18.8 Å². The van der Waals surface area contributed by atoms with Gasteiger partial charge in [0.15, 0.2) is 0 Å². The molecule has 1 N–H and O–H groups in total. The van der Waals surface area contributed by atoms with Gasteiger partial charge in [-0.15, -0.1) is 12.3 Å². The maximum Gasteiger partial charge on any atom is 0.220 e. The van der Waals surface area contributed by atoms with E-state index in [1.165, 1.54) is 0 Å². The summed E-state index contributed by atoms with van der Waals surface area (Å²) in [5, 5.41) is 2.92. The molecule has 2 unspecified atom stereocenters. The minimum atomic E-state index is 0.0827. The van der Waals surface area contributed by atoms with Crippen molar-refractivity contribution in [2.75, 3.05) is 0 Å². The molecule has 2 nitrogen and oxygen atoms in total. The van der Waals surface area contributed by atoms with Crippen molar-refractivity contribution in [3.8, 4) is 12.3 Å². The molecule has 0 aromatic carbocycles. The highest BCUT2D eigenvalue weighted by Gasteiger charge is 2.18. The van der Waals surface area contributed by atoms with Crippen LogP contribution in [-0.2, 0) is 4.79 Å². The van der Waals surface area contributed by atoms with E-state index in [-0.39, 0.29) is 17.4 Å². The van der Waals surface area contributed by atoms with Crippen LogP contribution in [0.2, 0.25) is 0 Å². The van der Waals surface area contributed by atoms with Crippen LogP contribution < -0.4 is 5.32 Å². The number of rotatable bonds is 5. The summed E-state index contributed by atoms with van der Waals surface area (Å²) in [6, 6.07) is 0.0827. The van der Waals surface area contributed by atoms with Crippen LogP contribution in [0.4, 0.5) is 0 Å². The van der Waals surface area contributed by atoms with E-state index in [1.54, 1.807) is 0 Å². The van der Waals surface area contributed by atoms with E-state index >= 15 is 0 Å². The summed E-state index contributed by atoms with van der Waals surface area (Å²) in [6.45, 7) is 10.6. The van der Waals surface area contributed by atoms with Crippen LogP contribution in [0, 0.1) is 23.7 Å². The number of carbonyl (C=O) groups excluding carboxylic acids is 1. The summed E-state index contributed by atoms with van der Waals surface area (Å²) in [5.74, 6) is 3.08. The molecule has 0 bridgehead atoms. The van der Waals surface area contributed by atoms with Crippen LogP contribution in [0.25, 0.3) is 0 Å². The Morgan fingerprint density at radius 3 is 2.38 bits per heavy atom. The lowest BCUT2D eigenvalue weighted by atomic mass is 9.84. The SMILES string of the molecule is C#CCC(C)NC(=O)CC(C)CC(C)(C)C.